The molecule has 1 heterocycles. The van der Waals surface area contributed by atoms with Crippen LogP contribution in [-0.4, -0.2) is 40.2 Å². The summed E-state index contributed by atoms with van der Waals surface area (Å²) in [5.74, 6) is -1.17. The van der Waals surface area contributed by atoms with E-state index >= 15 is 0 Å². The van der Waals surface area contributed by atoms with E-state index in [9.17, 15) is 9.18 Å². The van der Waals surface area contributed by atoms with Crippen LogP contribution in [-0.2, 0) is 6.54 Å². The van der Waals surface area contributed by atoms with Gasteiger partial charge in [0.2, 0.25) is 0 Å². The van der Waals surface area contributed by atoms with E-state index in [1.54, 1.807) is 17.1 Å². The van der Waals surface area contributed by atoms with Gasteiger partial charge in [0.15, 0.2) is 0 Å². The summed E-state index contributed by atoms with van der Waals surface area (Å²) in [5, 5.41) is 7.09. The van der Waals surface area contributed by atoms with Gasteiger partial charge in [-0.2, -0.15) is 5.10 Å². The fourth-order valence-corrected chi connectivity index (χ4v) is 2.36. The second kappa shape index (κ2) is 8.08. The molecule has 5 nitrogen and oxygen atoms in total. The highest BCUT2D eigenvalue weighted by Gasteiger charge is 2.13. The zero-order valence-electron chi connectivity index (χ0n) is 13.2. The largest absolute Gasteiger partial charge is 0.319 e. The third-order valence-corrected chi connectivity index (χ3v) is 3.84. The molecule has 0 atom stereocenters. The van der Waals surface area contributed by atoms with Gasteiger partial charge in [-0.05, 0) is 31.3 Å². The number of nitrogens with zero attached hydrogens (tertiary/aromatic N) is 3. The molecule has 23 heavy (non-hydrogen) atoms. The highest BCUT2D eigenvalue weighted by atomic mass is 35.5. The van der Waals surface area contributed by atoms with Gasteiger partial charge in [0.25, 0.3) is 5.91 Å². The number of anilines is 1. The van der Waals surface area contributed by atoms with E-state index in [-0.39, 0.29) is 10.6 Å². The summed E-state index contributed by atoms with van der Waals surface area (Å²) in [6.45, 7) is 7.80. The second-order valence-electron chi connectivity index (χ2n) is 5.10. The summed E-state index contributed by atoms with van der Waals surface area (Å²) in [6, 6.07) is 3.95. The Labute approximate surface area is 140 Å². The molecule has 0 aliphatic carbocycles. The molecule has 0 aliphatic rings. The van der Waals surface area contributed by atoms with E-state index in [4.69, 9.17) is 11.6 Å². The smallest absolute Gasteiger partial charge is 0.258 e. The lowest BCUT2D eigenvalue weighted by atomic mass is 10.2. The maximum Gasteiger partial charge on any atom is 0.258 e. The SMILES string of the molecule is CCN(CC)CCn1cc(NC(=O)c2ccc(Cl)cc2F)cn1. The highest BCUT2D eigenvalue weighted by molar-refractivity contribution is 6.30. The van der Waals surface area contributed by atoms with Gasteiger partial charge < -0.3 is 10.2 Å². The first-order valence-electron chi connectivity index (χ1n) is 7.54. The Bertz CT molecular complexity index is 670. The van der Waals surface area contributed by atoms with Crippen molar-refractivity contribution in [2.24, 2.45) is 0 Å². The first-order valence-corrected chi connectivity index (χ1v) is 7.92. The lowest BCUT2D eigenvalue weighted by molar-refractivity contribution is 0.102. The van der Waals surface area contributed by atoms with E-state index in [0.717, 1.165) is 32.2 Å². The molecule has 124 valence electrons. The van der Waals surface area contributed by atoms with Crippen molar-refractivity contribution in [1.82, 2.24) is 14.7 Å². The van der Waals surface area contributed by atoms with Crippen LogP contribution in [0.25, 0.3) is 0 Å². The Morgan fingerprint density at radius 1 is 1.39 bits per heavy atom. The zero-order chi connectivity index (χ0) is 16.8. The number of rotatable bonds is 7. The van der Waals surface area contributed by atoms with Crippen LogP contribution in [0.1, 0.15) is 24.2 Å². The summed E-state index contributed by atoms with van der Waals surface area (Å²) in [6.07, 6.45) is 3.28. The zero-order valence-corrected chi connectivity index (χ0v) is 14.0. The van der Waals surface area contributed by atoms with Crippen LogP contribution in [0.5, 0.6) is 0 Å². The fraction of sp³-hybridized carbons (Fsp3) is 0.375. The molecule has 0 spiro atoms. The van der Waals surface area contributed by atoms with Crippen molar-refractivity contribution < 1.29 is 9.18 Å². The molecule has 2 rings (SSSR count). The molecule has 0 radical (unpaired) electrons. The number of likely N-dealkylation sites (N-methyl/N-ethyl adjacent to an activating group) is 1. The lowest BCUT2D eigenvalue weighted by Gasteiger charge is -2.17. The van der Waals surface area contributed by atoms with Gasteiger partial charge in [-0.3, -0.25) is 9.48 Å². The first-order chi connectivity index (χ1) is 11.0. The first kappa shape index (κ1) is 17.4. The van der Waals surface area contributed by atoms with Crippen molar-refractivity contribution in [1.29, 1.82) is 0 Å². The summed E-state index contributed by atoms with van der Waals surface area (Å²) < 4.78 is 15.5. The maximum atomic E-state index is 13.7. The number of carbonyl (C=O) groups excluding carboxylic acids is 1. The standard InChI is InChI=1S/C16H20ClFN4O/c1-3-21(4-2)7-8-22-11-13(10-19-22)20-16(23)14-6-5-12(17)9-15(14)18/h5-6,9-11H,3-4,7-8H2,1-2H3,(H,20,23). The summed E-state index contributed by atoms with van der Waals surface area (Å²) in [5.41, 5.74) is 0.481. The fourth-order valence-electron chi connectivity index (χ4n) is 2.21. The van der Waals surface area contributed by atoms with Crippen LogP contribution in [0.15, 0.2) is 30.6 Å². The number of hydrogen-bond donors (Lipinski definition) is 1. The Morgan fingerprint density at radius 2 is 2.13 bits per heavy atom. The maximum absolute atomic E-state index is 13.7. The lowest BCUT2D eigenvalue weighted by Crippen LogP contribution is -2.27. The van der Waals surface area contributed by atoms with Crippen LogP contribution in [0, 0.1) is 5.82 Å². The molecule has 1 aromatic carbocycles. The van der Waals surface area contributed by atoms with Gasteiger partial charge in [-0.15, -0.1) is 0 Å². The molecule has 2 aromatic rings. The average Bonchev–Trinajstić information content (AvgIpc) is 2.95. The summed E-state index contributed by atoms with van der Waals surface area (Å²) in [7, 11) is 0. The second-order valence-corrected chi connectivity index (χ2v) is 5.53. The number of nitrogens with one attached hydrogen (secondary N) is 1. The monoisotopic (exact) mass is 338 g/mol. The minimum atomic E-state index is -0.649. The summed E-state index contributed by atoms with van der Waals surface area (Å²) >= 11 is 5.68. The minimum absolute atomic E-state index is 0.0507. The molecular weight excluding hydrogens is 319 g/mol. The van der Waals surface area contributed by atoms with E-state index in [2.05, 4.69) is 29.2 Å². The Kier molecular flexibility index (Phi) is 6.12. The quantitative estimate of drug-likeness (QED) is 0.843. The summed E-state index contributed by atoms with van der Waals surface area (Å²) in [4.78, 5) is 14.4. The third-order valence-electron chi connectivity index (χ3n) is 3.61. The normalized spacial score (nSPS) is 11.0. The molecule has 0 bridgehead atoms. The number of aromatic nitrogens is 2. The predicted octanol–water partition coefficient (Wildman–Crippen LogP) is 3.27. The topological polar surface area (TPSA) is 50.2 Å². The molecule has 0 saturated heterocycles. The van der Waals surface area contributed by atoms with Crippen LogP contribution >= 0.6 is 11.6 Å². The van der Waals surface area contributed by atoms with Crippen LogP contribution < -0.4 is 5.32 Å². The van der Waals surface area contributed by atoms with Crippen molar-refractivity contribution in [3.05, 3.63) is 47.0 Å². The van der Waals surface area contributed by atoms with Crippen molar-refractivity contribution >= 4 is 23.2 Å². The average molecular weight is 339 g/mol. The van der Waals surface area contributed by atoms with Crippen LogP contribution in [0.3, 0.4) is 0 Å². The van der Waals surface area contributed by atoms with Gasteiger partial charge in [0, 0.05) is 17.8 Å². The third kappa shape index (κ3) is 4.77. The number of carbonyl (C=O) groups is 1. The minimum Gasteiger partial charge on any atom is -0.319 e. The number of amides is 1. The van der Waals surface area contributed by atoms with E-state index in [0.29, 0.717) is 5.69 Å². The van der Waals surface area contributed by atoms with Crippen molar-refractivity contribution in [2.45, 2.75) is 20.4 Å². The Hall–Kier alpha value is -1.92. The number of halogens is 2. The molecule has 7 heteroatoms. The molecule has 0 saturated carbocycles. The van der Waals surface area contributed by atoms with E-state index in [1.807, 2.05) is 0 Å². The number of hydrogen-bond acceptors (Lipinski definition) is 3. The molecule has 0 fully saturated rings. The van der Waals surface area contributed by atoms with Crippen LogP contribution in [0.4, 0.5) is 10.1 Å². The molecule has 1 N–H and O–H groups in total. The van der Waals surface area contributed by atoms with Crippen molar-refractivity contribution in [2.75, 3.05) is 25.0 Å². The van der Waals surface area contributed by atoms with Gasteiger partial charge in [0.05, 0.1) is 24.0 Å². The number of benzene rings is 1. The van der Waals surface area contributed by atoms with Crippen LogP contribution in [0.2, 0.25) is 5.02 Å². The molecular formula is C16H20ClFN4O. The Balaban J connectivity index is 1.97. The highest BCUT2D eigenvalue weighted by Crippen LogP contribution is 2.16. The molecule has 0 unspecified atom stereocenters. The van der Waals surface area contributed by atoms with Gasteiger partial charge in [-0.1, -0.05) is 25.4 Å². The predicted molar refractivity (Wildman–Crippen MR) is 89.4 cm³/mol. The molecule has 1 amide bonds. The van der Waals surface area contributed by atoms with Crippen molar-refractivity contribution in [3.8, 4) is 0 Å². The van der Waals surface area contributed by atoms with Gasteiger partial charge in [-0.25, -0.2) is 4.39 Å². The van der Waals surface area contributed by atoms with E-state index < -0.39 is 11.7 Å². The van der Waals surface area contributed by atoms with Gasteiger partial charge >= 0.3 is 0 Å². The molecule has 1 aromatic heterocycles. The van der Waals surface area contributed by atoms with E-state index in [1.165, 1.54) is 12.1 Å². The van der Waals surface area contributed by atoms with Gasteiger partial charge in [0.1, 0.15) is 5.82 Å². The van der Waals surface area contributed by atoms with Crippen molar-refractivity contribution in [3.63, 3.8) is 0 Å². The Morgan fingerprint density at radius 3 is 2.78 bits per heavy atom. The molecule has 0 aliphatic heterocycles.